The average molecular weight is 431 g/mol. The van der Waals surface area contributed by atoms with Crippen molar-refractivity contribution in [3.05, 3.63) is 46.6 Å². The molecule has 0 radical (unpaired) electrons. The van der Waals surface area contributed by atoms with Crippen molar-refractivity contribution in [1.82, 2.24) is 0 Å². The van der Waals surface area contributed by atoms with Crippen LogP contribution in [0.5, 0.6) is 11.5 Å². The van der Waals surface area contributed by atoms with Crippen LogP contribution in [0.25, 0.3) is 0 Å². The summed E-state index contributed by atoms with van der Waals surface area (Å²) in [6, 6.07) is 6.33. The molecule has 2 fully saturated rings. The highest BCUT2D eigenvalue weighted by Gasteiger charge is 2.59. The number of ether oxygens (including phenoxy) is 2. The first-order chi connectivity index (χ1) is 15.5. The fraction of sp³-hybridized carbons (Fsp3) is 0.536. The molecule has 0 bridgehead atoms. The third-order valence-electron chi connectivity index (χ3n) is 8.86. The first-order valence-electron chi connectivity index (χ1n) is 12.0. The van der Waals surface area contributed by atoms with E-state index in [9.17, 15) is 9.90 Å². The Morgan fingerprint density at radius 3 is 2.84 bits per heavy atom. The van der Waals surface area contributed by atoms with E-state index in [1.807, 2.05) is 19.1 Å². The fourth-order valence-electron chi connectivity index (χ4n) is 7.44. The zero-order valence-electron chi connectivity index (χ0n) is 18.8. The number of rotatable bonds is 1. The molecule has 1 aromatic carbocycles. The van der Waals surface area contributed by atoms with Crippen molar-refractivity contribution in [2.45, 2.75) is 64.4 Å². The monoisotopic (exact) mass is 430 g/mol. The number of carbonyl (C=O) groups is 1. The predicted octanol–water partition coefficient (Wildman–Crippen LogP) is 4.93. The van der Waals surface area contributed by atoms with Crippen LogP contribution >= 0.6 is 0 Å². The van der Waals surface area contributed by atoms with E-state index in [1.165, 1.54) is 22.3 Å². The van der Waals surface area contributed by atoms with Gasteiger partial charge >= 0.3 is 0 Å². The second-order valence-corrected chi connectivity index (χ2v) is 10.4. The third kappa shape index (κ3) is 2.83. The van der Waals surface area contributed by atoms with Gasteiger partial charge in [-0.25, -0.2) is 0 Å². The highest BCUT2D eigenvalue weighted by Crippen LogP contribution is 2.65. The maximum Gasteiger partial charge on any atom is 0.231 e. The van der Waals surface area contributed by atoms with E-state index in [4.69, 9.17) is 9.47 Å². The SMILES string of the molecule is CC#CC1C[C@H]2[C@@H]3CCC4=CC(=O)CCC4=C3[C@@H](c3ccc4c(c3)OCO4)C[C@]2(C)[C@H]1O. The summed E-state index contributed by atoms with van der Waals surface area (Å²) in [5, 5.41) is 11.4. The molecule has 32 heavy (non-hydrogen) atoms. The lowest BCUT2D eigenvalue weighted by molar-refractivity contribution is -0.114. The molecule has 1 aromatic rings. The molecular formula is C28H30O4. The van der Waals surface area contributed by atoms with E-state index in [0.29, 0.717) is 18.3 Å². The van der Waals surface area contributed by atoms with Gasteiger partial charge in [-0.15, -0.1) is 5.92 Å². The van der Waals surface area contributed by atoms with Gasteiger partial charge in [-0.1, -0.05) is 24.5 Å². The minimum absolute atomic E-state index is 0.0432. The lowest BCUT2D eigenvalue weighted by Crippen LogP contribution is -2.45. The van der Waals surface area contributed by atoms with Gasteiger partial charge in [0, 0.05) is 18.3 Å². The van der Waals surface area contributed by atoms with Crippen LogP contribution in [0, 0.1) is 35.0 Å². The van der Waals surface area contributed by atoms with Crippen LogP contribution in [0.2, 0.25) is 0 Å². The number of hydrogen-bond donors (Lipinski definition) is 1. The van der Waals surface area contributed by atoms with Gasteiger partial charge in [0.15, 0.2) is 17.3 Å². The molecule has 4 heteroatoms. The topological polar surface area (TPSA) is 55.8 Å². The predicted molar refractivity (Wildman–Crippen MR) is 121 cm³/mol. The van der Waals surface area contributed by atoms with Crippen LogP contribution in [-0.2, 0) is 4.79 Å². The quantitative estimate of drug-likeness (QED) is 0.642. The van der Waals surface area contributed by atoms with Gasteiger partial charge in [-0.2, -0.15) is 0 Å². The molecule has 4 nitrogen and oxygen atoms in total. The van der Waals surface area contributed by atoms with Crippen molar-refractivity contribution in [3.63, 3.8) is 0 Å². The summed E-state index contributed by atoms with van der Waals surface area (Å²) in [6.45, 7) is 4.43. The van der Waals surface area contributed by atoms with Crippen molar-refractivity contribution >= 4 is 5.78 Å². The summed E-state index contributed by atoms with van der Waals surface area (Å²) in [5.41, 5.74) is 5.26. The van der Waals surface area contributed by atoms with E-state index in [1.54, 1.807) is 0 Å². The van der Waals surface area contributed by atoms with Crippen molar-refractivity contribution in [2.24, 2.45) is 23.2 Å². The molecule has 0 amide bonds. The number of carbonyl (C=O) groups excluding carboxylic acids is 1. The Balaban J connectivity index is 1.51. The summed E-state index contributed by atoms with van der Waals surface area (Å²) < 4.78 is 11.3. The summed E-state index contributed by atoms with van der Waals surface area (Å²) in [6.07, 6.45) is 6.84. The molecule has 6 rings (SSSR count). The van der Waals surface area contributed by atoms with Crippen molar-refractivity contribution < 1.29 is 19.4 Å². The lowest BCUT2D eigenvalue weighted by atomic mass is 9.53. The van der Waals surface area contributed by atoms with E-state index in [2.05, 4.69) is 30.9 Å². The number of aliphatic hydroxyl groups excluding tert-OH is 1. The maximum absolute atomic E-state index is 12.2. The molecule has 0 saturated heterocycles. The number of hydrogen-bond acceptors (Lipinski definition) is 4. The molecule has 4 aliphatic carbocycles. The Morgan fingerprint density at radius 1 is 1.16 bits per heavy atom. The molecule has 0 aromatic heterocycles. The Bertz CT molecular complexity index is 1120. The molecule has 6 atom stereocenters. The van der Waals surface area contributed by atoms with Crippen LogP contribution in [0.1, 0.15) is 63.9 Å². The molecule has 0 spiro atoms. The number of aliphatic hydroxyl groups is 1. The van der Waals surface area contributed by atoms with E-state index in [-0.39, 0.29) is 29.8 Å². The van der Waals surface area contributed by atoms with Gasteiger partial charge < -0.3 is 14.6 Å². The largest absolute Gasteiger partial charge is 0.454 e. The summed E-state index contributed by atoms with van der Waals surface area (Å²) in [5.74, 6) is 9.36. The van der Waals surface area contributed by atoms with Crippen molar-refractivity contribution in [3.8, 4) is 23.3 Å². The van der Waals surface area contributed by atoms with Crippen LogP contribution in [0.4, 0.5) is 0 Å². The standard InChI is InChI=1S/C28H30O4/c1-3-4-18-12-23-21-8-5-16-11-19(29)7-9-20(16)26(21)22(14-28(23,2)27(18)30)17-6-10-24-25(13-17)32-15-31-24/h6,10-11,13,18,21-23,27,30H,5,7-9,12,14-15H2,1-2H3/t18?,21-,22+,23-,27-,28-/m0/s1. The Kier molecular flexibility index (Phi) is 4.56. The minimum Gasteiger partial charge on any atom is -0.454 e. The second-order valence-electron chi connectivity index (χ2n) is 10.4. The van der Waals surface area contributed by atoms with Crippen LogP contribution in [-0.4, -0.2) is 23.8 Å². The van der Waals surface area contributed by atoms with Gasteiger partial charge in [0.2, 0.25) is 6.79 Å². The normalized spacial score (nSPS) is 37.2. The van der Waals surface area contributed by atoms with Crippen molar-refractivity contribution in [1.29, 1.82) is 0 Å². The van der Waals surface area contributed by atoms with Crippen LogP contribution in [0.3, 0.4) is 0 Å². The lowest BCUT2D eigenvalue weighted by Gasteiger charge is -2.51. The first kappa shape index (κ1) is 20.1. The minimum atomic E-state index is -0.409. The summed E-state index contributed by atoms with van der Waals surface area (Å²) in [7, 11) is 0. The second kappa shape index (κ2) is 7.25. The Morgan fingerprint density at radius 2 is 2.00 bits per heavy atom. The highest BCUT2D eigenvalue weighted by molar-refractivity contribution is 5.93. The maximum atomic E-state index is 12.2. The van der Waals surface area contributed by atoms with Crippen LogP contribution in [0.15, 0.2) is 41.0 Å². The van der Waals surface area contributed by atoms with Gasteiger partial charge in [0.05, 0.1) is 6.10 Å². The van der Waals surface area contributed by atoms with E-state index in [0.717, 1.165) is 43.6 Å². The van der Waals surface area contributed by atoms with Gasteiger partial charge in [-0.05, 0) is 91.2 Å². The average Bonchev–Trinajstić information content (AvgIpc) is 3.35. The molecule has 1 N–H and O–H groups in total. The molecule has 2 saturated carbocycles. The first-order valence-corrected chi connectivity index (χ1v) is 12.0. The molecule has 166 valence electrons. The Hall–Kier alpha value is -2.51. The number of fused-ring (bicyclic) bond motifs is 5. The smallest absolute Gasteiger partial charge is 0.231 e. The van der Waals surface area contributed by atoms with E-state index < -0.39 is 6.10 Å². The molecule has 1 heterocycles. The summed E-state index contributed by atoms with van der Waals surface area (Å²) in [4.78, 5) is 12.2. The molecule has 1 aliphatic heterocycles. The zero-order chi connectivity index (χ0) is 22.0. The van der Waals surface area contributed by atoms with Gasteiger partial charge in [-0.3, -0.25) is 4.79 Å². The van der Waals surface area contributed by atoms with E-state index >= 15 is 0 Å². The number of allylic oxidation sites excluding steroid dienone is 4. The zero-order valence-corrected chi connectivity index (χ0v) is 18.8. The number of ketones is 1. The summed E-state index contributed by atoms with van der Waals surface area (Å²) >= 11 is 0. The van der Waals surface area contributed by atoms with Crippen molar-refractivity contribution in [2.75, 3.05) is 6.79 Å². The Labute approximate surface area is 189 Å². The van der Waals surface area contributed by atoms with Crippen LogP contribution < -0.4 is 9.47 Å². The highest BCUT2D eigenvalue weighted by atomic mass is 16.7. The van der Waals surface area contributed by atoms with Gasteiger partial charge in [0.25, 0.3) is 0 Å². The molecule has 1 unspecified atom stereocenters. The fourth-order valence-corrected chi connectivity index (χ4v) is 7.44. The molecular weight excluding hydrogens is 400 g/mol. The molecule has 5 aliphatic rings. The van der Waals surface area contributed by atoms with Gasteiger partial charge in [0.1, 0.15) is 0 Å². The third-order valence-corrected chi connectivity index (χ3v) is 8.86. The number of benzene rings is 1.